The molecule has 1 aliphatic rings. The summed E-state index contributed by atoms with van der Waals surface area (Å²) in [5.74, 6) is -0.371. The van der Waals surface area contributed by atoms with E-state index in [-0.39, 0.29) is 11.6 Å². The third-order valence-electron chi connectivity index (χ3n) is 4.21. The molecule has 2 amide bonds. The van der Waals surface area contributed by atoms with E-state index in [4.69, 9.17) is 0 Å². The molecule has 7 heteroatoms. The van der Waals surface area contributed by atoms with Crippen LogP contribution < -0.4 is 5.32 Å². The highest BCUT2D eigenvalue weighted by atomic mass is 19.4. The van der Waals surface area contributed by atoms with Crippen LogP contribution >= 0.6 is 0 Å². The fourth-order valence-corrected chi connectivity index (χ4v) is 2.83. The average Bonchev–Trinajstić information content (AvgIpc) is 3.00. The lowest BCUT2D eigenvalue weighted by molar-refractivity contribution is -0.137. The molecule has 1 aliphatic heterocycles. The van der Waals surface area contributed by atoms with E-state index in [2.05, 4.69) is 5.32 Å². The van der Waals surface area contributed by atoms with E-state index < -0.39 is 17.6 Å². The first-order valence-corrected chi connectivity index (χ1v) is 8.18. The van der Waals surface area contributed by atoms with Crippen molar-refractivity contribution in [3.63, 3.8) is 0 Å². The van der Waals surface area contributed by atoms with Crippen LogP contribution in [-0.2, 0) is 17.5 Å². The molecule has 0 saturated carbocycles. The number of anilines is 1. The molecule has 2 aromatic rings. The SMILES string of the molecule is O=C(Nc1cccc(C(F)(F)F)c1)c1ccc(CN2CCCC2=O)cc1. The maximum absolute atomic E-state index is 12.7. The maximum Gasteiger partial charge on any atom is 0.416 e. The molecule has 136 valence electrons. The van der Waals surface area contributed by atoms with Gasteiger partial charge in [0.15, 0.2) is 0 Å². The molecule has 0 unspecified atom stereocenters. The lowest BCUT2D eigenvalue weighted by Gasteiger charge is -2.15. The van der Waals surface area contributed by atoms with Crippen molar-refractivity contribution in [1.29, 1.82) is 0 Å². The molecule has 1 fully saturated rings. The summed E-state index contributed by atoms with van der Waals surface area (Å²) < 4.78 is 38.2. The average molecular weight is 362 g/mol. The number of hydrogen-bond acceptors (Lipinski definition) is 2. The molecule has 4 nitrogen and oxygen atoms in total. The summed E-state index contributed by atoms with van der Waals surface area (Å²) in [6.45, 7) is 1.23. The standard InChI is InChI=1S/C19H17F3N2O2/c20-19(21,22)15-3-1-4-16(11-15)23-18(26)14-8-6-13(7-9-14)12-24-10-2-5-17(24)25/h1,3-4,6-9,11H,2,5,10,12H2,(H,23,26). The van der Waals surface area contributed by atoms with Gasteiger partial charge in [-0.2, -0.15) is 13.2 Å². The van der Waals surface area contributed by atoms with E-state index in [1.165, 1.54) is 12.1 Å². The van der Waals surface area contributed by atoms with E-state index >= 15 is 0 Å². The molecule has 0 atom stereocenters. The predicted molar refractivity (Wildman–Crippen MR) is 90.5 cm³/mol. The van der Waals surface area contributed by atoms with Crippen molar-refractivity contribution in [2.75, 3.05) is 11.9 Å². The molecule has 1 heterocycles. The minimum Gasteiger partial charge on any atom is -0.338 e. The Bertz CT molecular complexity index is 816. The first-order chi connectivity index (χ1) is 12.3. The maximum atomic E-state index is 12.7. The van der Waals surface area contributed by atoms with Crippen molar-refractivity contribution >= 4 is 17.5 Å². The van der Waals surface area contributed by atoms with Gasteiger partial charge in [0.25, 0.3) is 5.91 Å². The third-order valence-corrected chi connectivity index (χ3v) is 4.21. The number of carbonyl (C=O) groups is 2. The van der Waals surface area contributed by atoms with E-state index in [0.717, 1.165) is 30.7 Å². The Labute approximate surface area is 148 Å². The largest absolute Gasteiger partial charge is 0.416 e. The Balaban J connectivity index is 1.66. The molecule has 26 heavy (non-hydrogen) atoms. The summed E-state index contributed by atoms with van der Waals surface area (Å²) in [4.78, 5) is 25.6. The van der Waals surface area contributed by atoms with Gasteiger partial charge in [-0.05, 0) is 42.3 Å². The van der Waals surface area contributed by atoms with Gasteiger partial charge >= 0.3 is 6.18 Å². The Hall–Kier alpha value is -2.83. The zero-order chi connectivity index (χ0) is 18.7. The molecule has 0 bridgehead atoms. The number of nitrogens with zero attached hydrogens (tertiary/aromatic N) is 1. The normalized spacial score (nSPS) is 14.6. The van der Waals surface area contributed by atoms with Crippen molar-refractivity contribution in [1.82, 2.24) is 4.90 Å². The van der Waals surface area contributed by atoms with Crippen LogP contribution in [0.1, 0.15) is 34.3 Å². The quantitative estimate of drug-likeness (QED) is 0.891. The van der Waals surface area contributed by atoms with Gasteiger partial charge in [-0.25, -0.2) is 0 Å². The molecule has 0 spiro atoms. The van der Waals surface area contributed by atoms with E-state index in [0.29, 0.717) is 18.5 Å². The lowest BCUT2D eigenvalue weighted by Crippen LogP contribution is -2.23. The van der Waals surface area contributed by atoms with Gasteiger partial charge in [0.2, 0.25) is 5.91 Å². The Kier molecular flexibility index (Phi) is 4.97. The van der Waals surface area contributed by atoms with Crippen LogP contribution in [0.15, 0.2) is 48.5 Å². The first-order valence-electron chi connectivity index (χ1n) is 8.18. The van der Waals surface area contributed by atoms with Crippen molar-refractivity contribution in [3.8, 4) is 0 Å². The minimum atomic E-state index is -4.46. The molecule has 1 saturated heterocycles. The second-order valence-electron chi connectivity index (χ2n) is 6.15. The van der Waals surface area contributed by atoms with Gasteiger partial charge in [-0.1, -0.05) is 18.2 Å². The summed E-state index contributed by atoms with van der Waals surface area (Å²) in [6, 6.07) is 11.2. The second-order valence-corrected chi connectivity index (χ2v) is 6.15. The van der Waals surface area contributed by atoms with Crippen LogP contribution in [0.25, 0.3) is 0 Å². The predicted octanol–water partition coefficient (Wildman–Crippen LogP) is 4.08. The number of nitrogens with one attached hydrogen (secondary N) is 1. The molecule has 0 aromatic heterocycles. The zero-order valence-electron chi connectivity index (χ0n) is 13.8. The van der Waals surface area contributed by atoms with Crippen molar-refractivity contribution in [2.45, 2.75) is 25.6 Å². The number of halogens is 3. The van der Waals surface area contributed by atoms with Crippen molar-refractivity contribution in [2.24, 2.45) is 0 Å². The number of alkyl halides is 3. The number of carbonyl (C=O) groups excluding carboxylic acids is 2. The molecule has 3 rings (SSSR count). The summed E-state index contributed by atoms with van der Waals surface area (Å²) >= 11 is 0. The van der Waals surface area contributed by atoms with Gasteiger partial charge < -0.3 is 10.2 Å². The number of rotatable bonds is 4. The van der Waals surface area contributed by atoms with Crippen LogP contribution in [0.4, 0.5) is 18.9 Å². The second kappa shape index (κ2) is 7.19. The lowest BCUT2D eigenvalue weighted by atomic mass is 10.1. The molecular formula is C19H17F3N2O2. The third kappa shape index (κ3) is 4.22. The fourth-order valence-electron chi connectivity index (χ4n) is 2.83. The number of benzene rings is 2. The first kappa shape index (κ1) is 18.0. The zero-order valence-corrected chi connectivity index (χ0v) is 13.8. The van der Waals surface area contributed by atoms with Gasteiger partial charge in [0, 0.05) is 30.8 Å². The Morgan fingerprint density at radius 1 is 1.12 bits per heavy atom. The van der Waals surface area contributed by atoms with Crippen LogP contribution in [0.3, 0.4) is 0 Å². The van der Waals surface area contributed by atoms with Crippen LogP contribution in [0, 0.1) is 0 Å². The molecule has 2 aromatic carbocycles. The van der Waals surface area contributed by atoms with Crippen molar-refractivity contribution in [3.05, 3.63) is 65.2 Å². The topological polar surface area (TPSA) is 49.4 Å². The van der Waals surface area contributed by atoms with Gasteiger partial charge in [0.05, 0.1) is 5.56 Å². The summed E-state index contributed by atoms with van der Waals surface area (Å²) in [5.41, 5.74) is 0.493. The van der Waals surface area contributed by atoms with E-state index in [1.807, 2.05) is 0 Å². The van der Waals surface area contributed by atoms with E-state index in [1.54, 1.807) is 29.2 Å². The van der Waals surface area contributed by atoms with Crippen LogP contribution in [-0.4, -0.2) is 23.3 Å². The van der Waals surface area contributed by atoms with Crippen LogP contribution in [0.2, 0.25) is 0 Å². The van der Waals surface area contributed by atoms with Crippen molar-refractivity contribution < 1.29 is 22.8 Å². The molecular weight excluding hydrogens is 345 g/mol. The fraction of sp³-hybridized carbons (Fsp3) is 0.263. The van der Waals surface area contributed by atoms with Gasteiger partial charge in [-0.15, -0.1) is 0 Å². The van der Waals surface area contributed by atoms with Gasteiger partial charge in [-0.3, -0.25) is 9.59 Å². The molecule has 0 radical (unpaired) electrons. The smallest absolute Gasteiger partial charge is 0.338 e. The number of likely N-dealkylation sites (tertiary alicyclic amines) is 1. The monoisotopic (exact) mass is 362 g/mol. The molecule has 1 N–H and O–H groups in total. The summed E-state index contributed by atoms with van der Waals surface area (Å²) in [5, 5.41) is 2.47. The van der Waals surface area contributed by atoms with Gasteiger partial charge in [0.1, 0.15) is 0 Å². The van der Waals surface area contributed by atoms with Crippen LogP contribution in [0.5, 0.6) is 0 Å². The minimum absolute atomic E-state index is 0.0802. The highest BCUT2D eigenvalue weighted by Crippen LogP contribution is 2.30. The Morgan fingerprint density at radius 3 is 2.46 bits per heavy atom. The highest BCUT2D eigenvalue weighted by Gasteiger charge is 2.30. The van der Waals surface area contributed by atoms with E-state index in [9.17, 15) is 22.8 Å². The highest BCUT2D eigenvalue weighted by molar-refractivity contribution is 6.04. The number of hydrogen-bond donors (Lipinski definition) is 1. The summed E-state index contributed by atoms with van der Waals surface area (Å²) in [7, 11) is 0. The number of amides is 2. The Morgan fingerprint density at radius 2 is 1.85 bits per heavy atom. The molecule has 0 aliphatic carbocycles. The summed E-state index contributed by atoms with van der Waals surface area (Å²) in [6.07, 6.45) is -3.04.